The summed E-state index contributed by atoms with van der Waals surface area (Å²) in [6.45, 7) is -0.645. The van der Waals surface area contributed by atoms with Crippen molar-refractivity contribution >= 4 is 33.4 Å². The lowest BCUT2D eigenvalue weighted by Crippen LogP contribution is -2.52. The predicted molar refractivity (Wildman–Crippen MR) is 111 cm³/mol. The van der Waals surface area contributed by atoms with E-state index >= 15 is 0 Å². The van der Waals surface area contributed by atoms with Crippen LogP contribution in [0.2, 0.25) is 5.02 Å². The molecule has 1 N–H and O–H groups in total. The second-order valence-corrected chi connectivity index (χ2v) is 9.31. The predicted octanol–water partition coefficient (Wildman–Crippen LogP) is 2.62. The fourth-order valence-corrected chi connectivity index (χ4v) is 4.97. The van der Waals surface area contributed by atoms with Gasteiger partial charge in [-0.1, -0.05) is 23.7 Å². The van der Waals surface area contributed by atoms with Crippen LogP contribution in [0.15, 0.2) is 53.4 Å². The van der Waals surface area contributed by atoms with E-state index in [1.54, 1.807) is 0 Å². The number of carbonyl (C=O) groups is 2. The monoisotopic (exact) mass is 489 g/mol. The molecule has 1 heterocycles. The Hall–Kier alpha value is -2.63. The van der Waals surface area contributed by atoms with Crippen LogP contribution in [-0.2, 0) is 21.0 Å². The lowest BCUT2D eigenvalue weighted by molar-refractivity contribution is -0.139. The Morgan fingerprint density at radius 2 is 1.56 bits per heavy atom. The first kappa shape index (κ1) is 24.0. The molecule has 1 saturated heterocycles. The molecule has 2 amide bonds. The quantitative estimate of drug-likeness (QED) is 0.699. The van der Waals surface area contributed by atoms with Crippen LogP contribution in [0.25, 0.3) is 0 Å². The van der Waals surface area contributed by atoms with Crippen LogP contribution < -0.4 is 5.32 Å². The van der Waals surface area contributed by atoms with Crippen LogP contribution in [0.5, 0.6) is 0 Å². The summed E-state index contributed by atoms with van der Waals surface area (Å²) < 4.78 is 66.2. The maximum Gasteiger partial charge on any atom is 0.417 e. The van der Waals surface area contributed by atoms with E-state index in [1.165, 1.54) is 35.2 Å². The van der Waals surface area contributed by atoms with Gasteiger partial charge < -0.3 is 10.2 Å². The second-order valence-electron chi connectivity index (χ2n) is 6.97. The Balaban J connectivity index is 1.59. The summed E-state index contributed by atoms with van der Waals surface area (Å²) in [5, 5.41) is 2.94. The number of carbonyl (C=O) groups excluding carboxylic acids is 2. The smallest absolute Gasteiger partial charge is 0.343 e. The number of rotatable bonds is 5. The Labute approximate surface area is 187 Å². The minimum absolute atomic E-state index is 0.0108. The first-order valence-corrected chi connectivity index (χ1v) is 11.3. The van der Waals surface area contributed by atoms with Crippen LogP contribution in [0.1, 0.15) is 15.9 Å². The average Bonchev–Trinajstić information content (AvgIpc) is 2.77. The highest BCUT2D eigenvalue weighted by Crippen LogP contribution is 2.35. The van der Waals surface area contributed by atoms with Crippen molar-refractivity contribution in [1.82, 2.24) is 14.5 Å². The molecule has 0 unspecified atom stereocenters. The Morgan fingerprint density at radius 3 is 2.16 bits per heavy atom. The number of hydrogen-bond donors (Lipinski definition) is 1. The highest BCUT2D eigenvalue weighted by molar-refractivity contribution is 7.89. The number of benzene rings is 2. The fourth-order valence-electron chi connectivity index (χ4n) is 3.21. The zero-order chi connectivity index (χ0) is 23.5. The third-order valence-corrected chi connectivity index (χ3v) is 7.12. The Bertz CT molecular complexity index is 1100. The van der Waals surface area contributed by atoms with Crippen LogP contribution in [-0.4, -0.2) is 62.2 Å². The number of nitrogens with one attached hydrogen (secondary N) is 1. The highest BCUT2D eigenvalue weighted by Gasteiger charge is 2.39. The van der Waals surface area contributed by atoms with Gasteiger partial charge >= 0.3 is 6.18 Å². The zero-order valence-electron chi connectivity index (χ0n) is 16.6. The number of alkyl halides is 3. The molecule has 0 atom stereocenters. The van der Waals surface area contributed by atoms with E-state index in [-0.39, 0.29) is 32.7 Å². The lowest BCUT2D eigenvalue weighted by atomic mass is 10.2. The molecule has 172 valence electrons. The van der Waals surface area contributed by atoms with Gasteiger partial charge in [0.25, 0.3) is 5.91 Å². The third kappa shape index (κ3) is 5.40. The molecular formula is C20H19ClF3N3O4S. The number of nitrogens with zero attached hydrogens (tertiary/aromatic N) is 2. The standard InChI is InChI=1S/C20H19ClF3N3O4S/c21-15-7-5-14(6-8-15)19(29)25-13-18(28)26-9-11-27(12-10-26)32(30,31)17-4-2-1-3-16(17)20(22,23)24/h1-8H,9-13H2,(H,25,29). The van der Waals surface area contributed by atoms with Gasteiger partial charge in [-0.15, -0.1) is 0 Å². The highest BCUT2D eigenvalue weighted by atomic mass is 35.5. The largest absolute Gasteiger partial charge is 0.417 e. The zero-order valence-corrected chi connectivity index (χ0v) is 18.2. The number of amides is 2. The third-order valence-electron chi connectivity index (χ3n) is 4.91. The molecule has 0 aliphatic carbocycles. The van der Waals surface area contributed by atoms with Crippen molar-refractivity contribution in [2.24, 2.45) is 0 Å². The van der Waals surface area contributed by atoms with Crippen molar-refractivity contribution < 1.29 is 31.2 Å². The molecule has 2 aromatic rings. The topological polar surface area (TPSA) is 86.8 Å². The summed E-state index contributed by atoms with van der Waals surface area (Å²) in [5.74, 6) is -0.903. The van der Waals surface area contributed by atoms with Crippen molar-refractivity contribution in [3.05, 3.63) is 64.7 Å². The van der Waals surface area contributed by atoms with Crippen LogP contribution in [0.3, 0.4) is 0 Å². The molecule has 7 nitrogen and oxygen atoms in total. The minimum Gasteiger partial charge on any atom is -0.343 e. The summed E-state index contributed by atoms with van der Waals surface area (Å²) >= 11 is 5.76. The molecule has 1 fully saturated rings. The van der Waals surface area contributed by atoms with E-state index in [4.69, 9.17) is 11.6 Å². The van der Waals surface area contributed by atoms with Crippen molar-refractivity contribution in [3.8, 4) is 0 Å². The Morgan fingerprint density at radius 1 is 0.969 bits per heavy atom. The fraction of sp³-hybridized carbons (Fsp3) is 0.300. The Kier molecular flexibility index (Phi) is 7.11. The van der Waals surface area contributed by atoms with Gasteiger partial charge in [-0.3, -0.25) is 9.59 Å². The maximum atomic E-state index is 13.2. The van der Waals surface area contributed by atoms with Gasteiger partial charge in [0.05, 0.1) is 17.0 Å². The van der Waals surface area contributed by atoms with E-state index in [0.717, 1.165) is 22.5 Å². The van der Waals surface area contributed by atoms with E-state index in [0.29, 0.717) is 10.6 Å². The van der Waals surface area contributed by atoms with Gasteiger partial charge in [0.2, 0.25) is 15.9 Å². The van der Waals surface area contributed by atoms with E-state index in [9.17, 15) is 31.2 Å². The van der Waals surface area contributed by atoms with Crippen LogP contribution in [0.4, 0.5) is 13.2 Å². The van der Waals surface area contributed by atoms with Gasteiger partial charge in [-0.2, -0.15) is 17.5 Å². The number of sulfonamides is 1. The van der Waals surface area contributed by atoms with Gasteiger partial charge in [-0.25, -0.2) is 8.42 Å². The van der Waals surface area contributed by atoms with E-state index < -0.39 is 38.5 Å². The molecule has 2 aromatic carbocycles. The van der Waals surface area contributed by atoms with Gasteiger partial charge in [-0.05, 0) is 36.4 Å². The molecular weight excluding hydrogens is 471 g/mol. The SMILES string of the molecule is O=C(NCC(=O)N1CCN(S(=O)(=O)c2ccccc2C(F)(F)F)CC1)c1ccc(Cl)cc1. The summed E-state index contributed by atoms with van der Waals surface area (Å²) in [7, 11) is -4.40. The second kappa shape index (κ2) is 9.47. The molecule has 0 spiro atoms. The van der Waals surface area contributed by atoms with Crippen LogP contribution in [0, 0.1) is 0 Å². The van der Waals surface area contributed by atoms with Crippen molar-refractivity contribution in [2.45, 2.75) is 11.1 Å². The average molecular weight is 490 g/mol. The summed E-state index contributed by atoms with van der Waals surface area (Å²) in [5.41, 5.74) is -0.912. The molecule has 1 aliphatic rings. The van der Waals surface area contributed by atoms with Crippen molar-refractivity contribution in [1.29, 1.82) is 0 Å². The number of halogens is 4. The van der Waals surface area contributed by atoms with Crippen LogP contribution >= 0.6 is 11.6 Å². The van der Waals surface area contributed by atoms with E-state index in [2.05, 4.69) is 5.32 Å². The van der Waals surface area contributed by atoms with Crippen molar-refractivity contribution in [2.75, 3.05) is 32.7 Å². The normalized spacial score (nSPS) is 15.4. The molecule has 1 aliphatic heterocycles. The first-order chi connectivity index (χ1) is 15.0. The van der Waals surface area contributed by atoms with Gasteiger partial charge in [0, 0.05) is 36.8 Å². The van der Waals surface area contributed by atoms with Gasteiger partial charge in [0.15, 0.2) is 0 Å². The lowest BCUT2D eigenvalue weighted by Gasteiger charge is -2.34. The van der Waals surface area contributed by atoms with E-state index in [1.807, 2.05) is 0 Å². The minimum atomic E-state index is -4.82. The molecule has 12 heteroatoms. The summed E-state index contributed by atoms with van der Waals surface area (Å²) in [6, 6.07) is 10.1. The number of hydrogen-bond acceptors (Lipinski definition) is 4. The molecule has 0 radical (unpaired) electrons. The van der Waals surface area contributed by atoms with Crippen molar-refractivity contribution in [3.63, 3.8) is 0 Å². The summed E-state index contributed by atoms with van der Waals surface area (Å²) in [4.78, 5) is 25.0. The molecule has 0 aromatic heterocycles. The maximum absolute atomic E-state index is 13.2. The first-order valence-electron chi connectivity index (χ1n) is 9.48. The number of piperazine rings is 1. The van der Waals surface area contributed by atoms with Gasteiger partial charge in [0.1, 0.15) is 0 Å². The molecule has 0 bridgehead atoms. The molecule has 32 heavy (non-hydrogen) atoms. The summed E-state index contributed by atoms with van der Waals surface area (Å²) in [6.07, 6.45) is -4.82. The molecule has 0 saturated carbocycles. The molecule has 3 rings (SSSR count).